The molecular formula is C25H21N3O4S. The third-order valence-corrected chi connectivity index (χ3v) is 5.52. The SMILES string of the molecule is CCOc1ccc(-c2nc3cc(NC(=O)CCn4c(=S)oc5ccccc54)ccc3o2)cc1. The average Bonchev–Trinajstić information content (AvgIpc) is 3.38. The van der Waals surface area contributed by atoms with Gasteiger partial charge < -0.3 is 18.9 Å². The van der Waals surface area contributed by atoms with Crippen molar-refractivity contribution < 1.29 is 18.4 Å². The molecule has 5 aromatic rings. The Bertz CT molecular complexity index is 1500. The van der Waals surface area contributed by atoms with Crippen LogP contribution < -0.4 is 10.1 Å². The van der Waals surface area contributed by atoms with Gasteiger partial charge in [0.2, 0.25) is 11.8 Å². The minimum absolute atomic E-state index is 0.128. The molecule has 0 unspecified atom stereocenters. The van der Waals surface area contributed by atoms with E-state index >= 15 is 0 Å². The van der Waals surface area contributed by atoms with Crippen LogP contribution >= 0.6 is 12.2 Å². The molecule has 0 aliphatic rings. The third kappa shape index (κ3) is 4.38. The number of nitrogens with zero attached hydrogens (tertiary/aromatic N) is 2. The molecule has 166 valence electrons. The number of fused-ring (bicyclic) bond motifs is 2. The number of anilines is 1. The van der Waals surface area contributed by atoms with E-state index in [2.05, 4.69) is 10.3 Å². The number of para-hydroxylation sites is 2. The van der Waals surface area contributed by atoms with Crippen molar-refractivity contribution in [3.05, 3.63) is 71.6 Å². The Morgan fingerprint density at radius 3 is 2.70 bits per heavy atom. The summed E-state index contributed by atoms with van der Waals surface area (Å²) in [4.78, 5) is 17.5. The number of hydrogen-bond acceptors (Lipinski definition) is 6. The second-order valence-electron chi connectivity index (χ2n) is 7.44. The van der Waals surface area contributed by atoms with Crippen LogP contribution in [0.1, 0.15) is 13.3 Å². The van der Waals surface area contributed by atoms with Crippen LogP contribution in [0.3, 0.4) is 0 Å². The molecule has 7 nitrogen and oxygen atoms in total. The molecule has 8 heteroatoms. The van der Waals surface area contributed by atoms with Crippen LogP contribution in [-0.4, -0.2) is 22.1 Å². The van der Waals surface area contributed by atoms with Gasteiger partial charge in [-0.25, -0.2) is 4.98 Å². The first kappa shape index (κ1) is 21.0. The van der Waals surface area contributed by atoms with Crippen molar-refractivity contribution in [2.45, 2.75) is 19.9 Å². The van der Waals surface area contributed by atoms with Gasteiger partial charge in [-0.3, -0.25) is 9.36 Å². The van der Waals surface area contributed by atoms with Gasteiger partial charge in [0.25, 0.3) is 4.84 Å². The molecule has 1 amide bonds. The van der Waals surface area contributed by atoms with Gasteiger partial charge in [-0.1, -0.05) is 12.1 Å². The molecule has 3 aromatic carbocycles. The summed E-state index contributed by atoms with van der Waals surface area (Å²) >= 11 is 5.29. The standard InChI is InChI=1S/C25H21N3O4S/c1-2-30-18-10-7-16(8-11-18)24-27-19-15-17(9-12-21(19)31-24)26-23(29)13-14-28-20-5-3-4-6-22(20)32-25(28)33/h3-12,15H,2,13-14H2,1H3,(H,26,29). The molecule has 0 atom stereocenters. The molecule has 1 N–H and O–H groups in total. The predicted octanol–water partition coefficient (Wildman–Crippen LogP) is 6.20. The Morgan fingerprint density at radius 2 is 1.88 bits per heavy atom. The molecule has 5 rings (SSSR count). The van der Waals surface area contributed by atoms with Crippen LogP contribution in [0.5, 0.6) is 5.75 Å². The molecule has 0 aliphatic heterocycles. The summed E-state index contributed by atoms with van der Waals surface area (Å²) in [6.07, 6.45) is 0.256. The summed E-state index contributed by atoms with van der Waals surface area (Å²) in [7, 11) is 0. The number of oxazole rings is 2. The topological polar surface area (TPSA) is 82.4 Å². The molecule has 0 fully saturated rings. The lowest BCUT2D eigenvalue weighted by molar-refractivity contribution is -0.116. The summed E-state index contributed by atoms with van der Waals surface area (Å²) in [6, 6.07) is 20.6. The van der Waals surface area contributed by atoms with E-state index in [0.717, 1.165) is 16.8 Å². The van der Waals surface area contributed by atoms with Crippen molar-refractivity contribution in [2.24, 2.45) is 0 Å². The molecule has 0 saturated heterocycles. The number of carbonyl (C=O) groups excluding carboxylic acids is 1. The minimum atomic E-state index is -0.128. The van der Waals surface area contributed by atoms with E-state index in [4.69, 9.17) is 25.8 Å². The zero-order valence-electron chi connectivity index (χ0n) is 17.9. The van der Waals surface area contributed by atoms with Gasteiger partial charge in [-0.05, 0) is 73.7 Å². The summed E-state index contributed by atoms with van der Waals surface area (Å²) in [6.45, 7) is 2.98. The van der Waals surface area contributed by atoms with Crippen LogP contribution in [0.2, 0.25) is 0 Å². The fourth-order valence-electron chi connectivity index (χ4n) is 3.65. The molecule has 0 saturated carbocycles. The molecule has 0 radical (unpaired) electrons. The van der Waals surface area contributed by atoms with Crippen molar-refractivity contribution in [3.63, 3.8) is 0 Å². The Morgan fingerprint density at radius 1 is 1.06 bits per heavy atom. The maximum atomic E-state index is 12.6. The number of nitrogens with one attached hydrogen (secondary N) is 1. The number of hydrogen-bond donors (Lipinski definition) is 1. The first-order chi connectivity index (χ1) is 16.1. The normalized spacial score (nSPS) is 11.2. The van der Waals surface area contributed by atoms with Gasteiger partial charge in [0.05, 0.1) is 12.1 Å². The van der Waals surface area contributed by atoms with Gasteiger partial charge in [0, 0.05) is 24.2 Å². The van der Waals surface area contributed by atoms with E-state index in [1.807, 2.05) is 60.0 Å². The molecule has 2 aromatic heterocycles. The molecular weight excluding hydrogens is 438 g/mol. The first-order valence-corrected chi connectivity index (χ1v) is 11.0. The van der Waals surface area contributed by atoms with E-state index in [-0.39, 0.29) is 12.3 Å². The summed E-state index contributed by atoms with van der Waals surface area (Å²) in [5.41, 5.74) is 4.40. The molecule has 33 heavy (non-hydrogen) atoms. The molecule has 0 aliphatic carbocycles. The van der Waals surface area contributed by atoms with Crippen LogP contribution in [0.15, 0.2) is 75.6 Å². The largest absolute Gasteiger partial charge is 0.494 e. The lowest BCUT2D eigenvalue weighted by Gasteiger charge is -2.06. The number of aryl methyl sites for hydroxylation is 1. The van der Waals surface area contributed by atoms with Crippen LogP contribution in [0, 0.1) is 4.84 Å². The number of ether oxygens (including phenoxy) is 1. The smallest absolute Gasteiger partial charge is 0.269 e. The van der Waals surface area contributed by atoms with Gasteiger partial charge in [0.15, 0.2) is 11.2 Å². The first-order valence-electron chi connectivity index (χ1n) is 10.6. The quantitative estimate of drug-likeness (QED) is 0.292. The monoisotopic (exact) mass is 459 g/mol. The highest BCUT2D eigenvalue weighted by atomic mass is 32.1. The number of carbonyl (C=O) groups is 1. The zero-order chi connectivity index (χ0) is 22.8. The minimum Gasteiger partial charge on any atom is -0.494 e. The predicted molar refractivity (Wildman–Crippen MR) is 129 cm³/mol. The molecule has 0 bridgehead atoms. The highest BCUT2D eigenvalue weighted by molar-refractivity contribution is 7.71. The lowest BCUT2D eigenvalue weighted by atomic mass is 10.2. The Hall–Kier alpha value is -3.91. The second kappa shape index (κ2) is 8.91. The van der Waals surface area contributed by atoms with Crippen molar-refractivity contribution in [1.82, 2.24) is 9.55 Å². The number of amides is 1. The summed E-state index contributed by atoms with van der Waals surface area (Å²) in [5, 5.41) is 2.92. The second-order valence-corrected chi connectivity index (χ2v) is 7.79. The zero-order valence-corrected chi connectivity index (χ0v) is 18.7. The van der Waals surface area contributed by atoms with Crippen LogP contribution in [0.4, 0.5) is 5.69 Å². The van der Waals surface area contributed by atoms with Crippen molar-refractivity contribution in [2.75, 3.05) is 11.9 Å². The number of aromatic nitrogens is 2. The highest BCUT2D eigenvalue weighted by Gasteiger charge is 2.12. The van der Waals surface area contributed by atoms with E-state index in [1.54, 1.807) is 18.2 Å². The Kier molecular flexibility index (Phi) is 5.66. The molecule has 2 heterocycles. The van der Waals surface area contributed by atoms with E-state index in [0.29, 0.717) is 46.2 Å². The van der Waals surface area contributed by atoms with Gasteiger partial charge in [-0.15, -0.1) is 0 Å². The average molecular weight is 460 g/mol. The Labute approximate surface area is 194 Å². The van der Waals surface area contributed by atoms with Gasteiger partial charge >= 0.3 is 0 Å². The third-order valence-electron chi connectivity index (χ3n) is 5.22. The highest BCUT2D eigenvalue weighted by Crippen LogP contribution is 2.27. The Balaban J connectivity index is 1.28. The van der Waals surface area contributed by atoms with Crippen molar-refractivity contribution in [1.29, 1.82) is 0 Å². The lowest BCUT2D eigenvalue weighted by Crippen LogP contribution is -2.14. The van der Waals surface area contributed by atoms with Crippen LogP contribution in [-0.2, 0) is 11.3 Å². The van der Waals surface area contributed by atoms with E-state index in [1.165, 1.54) is 0 Å². The fourth-order valence-corrected chi connectivity index (χ4v) is 3.93. The van der Waals surface area contributed by atoms with Crippen molar-refractivity contribution >= 4 is 46.0 Å². The maximum Gasteiger partial charge on any atom is 0.269 e. The van der Waals surface area contributed by atoms with E-state index in [9.17, 15) is 4.79 Å². The number of benzene rings is 3. The fraction of sp³-hybridized carbons (Fsp3) is 0.160. The summed E-state index contributed by atoms with van der Waals surface area (Å²) < 4.78 is 18.8. The molecule has 0 spiro atoms. The van der Waals surface area contributed by atoms with Gasteiger partial charge in [0.1, 0.15) is 11.3 Å². The summed E-state index contributed by atoms with van der Waals surface area (Å²) in [5.74, 6) is 1.18. The van der Waals surface area contributed by atoms with Crippen molar-refractivity contribution in [3.8, 4) is 17.2 Å². The van der Waals surface area contributed by atoms with Gasteiger partial charge in [-0.2, -0.15) is 0 Å². The van der Waals surface area contributed by atoms with E-state index < -0.39 is 0 Å². The van der Waals surface area contributed by atoms with Crippen LogP contribution in [0.25, 0.3) is 33.7 Å². The number of rotatable bonds is 7. The maximum absolute atomic E-state index is 12.6.